The van der Waals surface area contributed by atoms with E-state index >= 15 is 0 Å². The Morgan fingerprint density at radius 3 is 2.65 bits per heavy atom. The largest absolute Gasteiger partial charge is 0.483 e. The molecule has 0 spiro atoms. The molecular formula is C14H19Br2NO3. The molecule has 0 atom stereocenters. The molecule has 0 fully saturated rings. The molecule has 0 heterocycles. The number of carbonyl (C=O) groups excluding carboxylic acids is 1. The number of aliphatic hydroxyl groups excluding tert-OH is 1. The van der Waals surface area contributed by atoms with E-state index in [1.807, 2.05) is 12.1 Å². The summed E-state index contributed by atoms with van der Waals surface area (Å²) in [5.74, 6) is 0.522. The molecule has 4 nitrogen and oxygen atoms in total. The zero-order valence-corrected chi connectivity index (χ0v) is 14.4. The number of hydrogen-bond donors (Lipinski definition) is 2. The van der Waals surface area contributed by atoms with Crippen LogP contribution in [0.2, 0.25) is 0 Å². The van der Waals surface area contributed by atoms with Crippen molar-refractivity contribution < 1.29 is 14.6 Å². The van der Waals surface area contributed by atoms with Crippen molar-refractivity contribution in [3.05, 3.63) is 27.1 Å². The summed E-state index contributed by atoms with van der Waals surface area (Å²) in [7, 11) is 0. The summed E-state index contributed by atoms with van der Waals surface area (Å²) >= 11 is 6.73. The average Bonchev–Trinajstić information content (AvgIpc) is 2.41. The van der Waals surface area contributed by atoms with Gasteiger partial charge in [0.2, 0.25) is 0 Å². The van der Waals surface area contributed by atoms with Crippen molar-refractivity contribution in [1.29, 1.82) is 0 Å². The lowest BCUT2D eigenvalue weighted by Crippen LogP contribution is -2.29. The molecule has 1 rings (SSSR count). The zero-order valence-electron chi connectivity index (χ0n) is 11.2. The molecule has 1 aromatic rings. The van der Waals surface area contributed by atoms with Gasteiger partial charge < -0.3 is 15.2 Å². The number of ether oxygens (including phenoxy) is 1. The fourth-order valence-corrected chi connectivity index (χ4v) is 2.77. The summed E-state index contributed by atoms with van der Waals surface area (Å²) < 4.78 is 7.19. The molecule has 112 valence electrons. The third-order valence-corrected chi connectivity index (χ3v) is 3.77. The number of unbranched alkanes of at least 4 members (excludes halogenated alkanes) is 3. The van der Waals surface area contributed by atoms with E-state index in [4.69, 9.17) is 9.84 Å². The van der Waals surface area contributed by atoms with Crippen molar-refractivity contribution in [2.75, 3.05) is 19.8 Å². The highest BCUT2D eigenvalue weighted by Crippen LogP contribution is 2.27. The van der Waals surface area contributed by atoms with Crippen molar-refractivity contribution in [2.24, 2.45) is 0 Å². The van der Waals surface area contributed by atoms with Crippen LogP contribution in [0, 0.1) is 0 Å². The SMILES string of the molecule is O=C(COc1ccc(Br)cc1Br)NCCCCCCO. The number of aliphatic hydroxyl groups is 1. The van der Waals surface area contributed by atoms with Crippen LogP contribution < -0.4 is 10.1 Å². The van der Waals surface area contributed by atoms with E-state index in [9.17, 15) is 4.79 Å². The number of nitrogens with one attached hydrogen (secondary N) is 1. The molecule has 0 saturated heterocycles. The topological polar surface area (TPSA) is 58.6 Å². The van der Waals surface area contributed by atoms with E-state index in [2.05, 4.69) is 37.2 Å². The molecule has 0 saturated carbocycles. The van der Waals surface area contributed by atoms with Crippen LogP contribution in [-0.2, 0) is 4.79 Å². The second kappa shape index (κ2) is 10.2. The fraction of sp³-hybridized carbons (Fsp3) is 0.500. The molecule has 20 heavy (non-hydrogen) atoms. The first kappa shape index (κ1) is 17.5. The van der Waals surface area contributed by atoms with E-state index in [0.717, 1.165) is 34.6 Å². The van der Waals surface area contributed by atoms with E-state index in [-0.39, 0.29) is 19.1 Å². The number of hydrogen-bond acceptors (Lipinski definition) is 3. The highest BCUT2D eigenvalue weighted by molar-refractivity contribution is 9.11. The summed E-state index contributed by atoms with van der Waals surface area (Å²) in [6.45, 7) is 0.897. The first-order valence-electron chi connectivity index (χ1n) is 6.59. The Bertz CT molecular complexity index is 427. The van der Waals surface area contributed by atoms with E-state index < -0.39 is 0 Å². The van der Waals surface area contributed by atoms with Crippen LogP contribution in [0.5, 0.6) is 5.75 Å². The Balaban J connectivity index is 2.16. The second-order valence-corrected chi connectivity index (χ2v) is 6.12. The Hall–Kier alpha value is -0.590. The first-order valence-corrected chi connectivity index (χ1v) is 8.17. The van der Waals surface area contributed by atoms with Gasteiger partial charge in [-0.1, -0.05) is 28.8 Å². The lowest BCUT2D eigenvalue weighted by molar-refractivity contribution is -0.123. The molecule has 0 bridgehead atoms. The molecule has 6 heteroatoms. The van der Waals surface area contributed by atoms with Gasteiger partial charge in [-0.15, -0.1) is 0 Å². The maximum absolute atomic E-state index is 11.6. The lowest BCUT2D eigenvalue weighted by Gasteiger charge is -2.09. The highest BCUT2D eigenvalue weighted by Gasteiger charge is 2.05. The first-order chi connectivity index (χ1) is 9.63. The van der Waals surface area contributed by atoms with Gasteiger partial charge in [0.05, 0.1) is 4.47 Å². The monoisotopic (exact) mass is 407 g/mol. The third kappa shape index (κ3) is 7.26. The summed E-state index contributed by atoms with van der Waals surface area (Å²) in [4.78, 5) is 11.6. The Kier molecular flexibility index (Phi) is 8.89. The summed E-state index contributed by atoms with van der Waals surface area (Å²) in [5.41, 5.74) is 0. The maximum Gasteiger partial charge on any atom is 0.257 e. The number of rotatable bonds is 9. The van der Waals surface area contributed by atoms with Gasteiger partial charge in [0.25, 0.3) is 5.91 Å². The summed E-state index contributed by atoms with van der Waals surface area (Å²) in [5, 5.41) is 11.4. The predicted octanol–water partition coefficient (Wildman–Crippen LogP) is 3.26. The quantitative estimate of drug-likeness (QED) is 0.616. The summed E-state index contributed by atoms with van der Waals surface area (Å²) in [6, 6.07) is 5.53. The average molecular weight is 409 g/mol. The fourth-order valence-electron chi connectivity index (χ4n) is 1.60. The zero-order chi connectivity index (χ0) is 14.8. The number of benzene rings is 1. The molecule has 2 N–H and O–H groups in total. The molecular weight excluding hydrogens is 390 g/mol. The van der Waals surface area contributed by atoms with Crippen LogP contribution in [0.1, 0.15) is 25.7 Å². The van der Waals surface area contributed by atoms with Gasteiger partial charge in [-0.25, -0.2) is 0 Å². The molecule has 0 radical (unpaired) electrons. The van der Waals surface area contributed by atoms with Crippen LogP contribution in [0.25, 0.3) is 0 Å². The van der Waals surface area contributed by atoms with Gasteiger partial charge in [-0.3, -0.25) is 4.79 Å². The molecule has 1 amide bonds. The Morgan fingerprint density at radius 1 is 1.20 bits per heavy atom. The Morgan fingerprint density at radius 2 is 1.95 bits per heavy atom. The number of carbonyl (C=O) groups is 1. The molecule has 0 aliphatic carbocycles. The standard InChI is InChI=1S/C14H19Br2NO3/c15-11-5-6-13(12(16)9-11)20-10-14(19)17-7-3-1-2-4-8-18/h5-6,9,18H,1-4,7-8,10H2,(H,17,19). The number of amides is 1. The summed E-state index contributed by atoms with van der Waals surface area (Å²) in [6.07, 6.45) is 3.76. The van der Waals surface area contributed by atoms with Gasteiger partial charge in [0, 0.05) is 17.6 Å². The smallest absolute Gasteiger partial charge is 0.257 e. The van der Waals surface area contributed by atoms with Crippen molar-refractivity contribution in [3.8, 4) is 5.75 Å². The van der Waals surface area contributed by atoms with Crippen LogP contribution in [0.15, 0.2) is 27.1 Å². The molecule has 0 aliphatic heterocycles. The van der Waals surface area contributed by atoms with Gasteiger partial charge in [-0.2, -0.15) is 0 Å². The normalized spacial score (nSPS) is 10.3. The highest BCUT2D eigenvalue weighted by atomic mass is 79.9. The van der Waals surface area contributed by atoms with E-state index in [1.165, 1.54) is 0 Å². The Labute approximate surface area is 136 Å². The molecule has 1 aromatic carbocycles. The van der Waals surface area contributed by atoms with Crippen molar-refractivity contribution in [2.45, 2.75) is 25.7 Å². The number of halogens is 2. The van der Waals surface area contributed by atoms with Crippen LogP contribution in [-0.4, -0.2) is 30.8 Å². The third-order valence-electron chi connectivity index (χ3n) is 2.66. The molecule has 0 aromatic heterocycles. The van der Waals surface area contributed by atoms with E-state index in [0.29, 0.717) is 12.3 Å². The van der Waals surface area contributed by atoms with Crippen molar-refractivity contribution in [1.82, 2.24) is 5.32 Å². The minimum atomic E-state index is -0.123. The lowest BCUT2D eigenvalue weighted by atomic mass is 10.2. The van der Waals surface area contributed by atoms with Crippen molar-refractivity contribution >= 4 is 37.8 Å². The molecule has 0 aliphatic rings. The van der Waals surface area contributed by atoms with Gasteiger partial charge in [-0.05, 0) is 47.0 Å². The predicted molar refractivity (Wildman–Crippen MR) is 85.9 cm³/mol. The van der Waals surface area contributed by atoms with Crippen LogP contribution >= 0.6 is 31.9 Å². The van der Waals surface area contributed by atoms with Crippen LogP contribution in [0.4, 0.5) is 0 Å². The minimum Gasteiger partial charge on any atom is -0.483 e. The van der Waals surface area contributed by atoms with Gasteiger partial charge >= 0.3 is 0 Å². The maximum atomic E-state index is 11.6. The van der Waals surface area contributed by atoms with E-state index in [1.54, 1.807) is 6.07 Å². The van der Waals surface area contributed by atoms with Gasteiger partial charge in [0.15, 0.2) is 6.61 Å². The molecule has 0 unspecified atom stereocenters. The second-order valence-electron chi connectivity index (χ2n) is 4.35. The van der Waals surface area contributed by atoms with Crippen LogP contribution in [0.3, 0.4) is 0 Å². The van der Waals surface area contributed by atoms with Gasteiger partial charge in [0.1, 0.15) is 5.75 Å². The minimum absolute atomic E-state index is 0.0108. The van der Waals surface area contributed by atoms with Crippen molar-refractivity contribution in [3.63, 3.8) is 0 Å².